The number of carbonyl (C=O) groups is 7. The number of thiophene rings is 5. The second kappa shape index (κ2) is 39.8. The Hall–Kier alpha value is -12.5. The molecule has 106 heavy (non-hydrogen) atoms. The third kappa shape index (κ3) is 23.8. The molecule has 0 bridgehead atoms. The van der Waals surface area contributed by atoms with E-state index in [0.29, 0.717) is 60.0 Å². The number of nitrogens with zero attached hydrogens (tertiary/aromatic N) is 7. The van der Waals surface area contributed by atoms with Crippen molar-refractivity contribution in [2.24, 2.45) is 5.73 Å². The highest BCUT2D eigenvalue weighted by molar-refractivity contribution is 7.20. The molecule has 12 rings (SSSR count). The number of nitrogens with one attached hydrogen (secondary N) is 2. The van der Waals surface area contributed by atoms with E-state index in [1.807, 2.05) is 158 Å². The molecule has 0 fully saturated rings. The molecule has 0 radical (unpaired) electrons. The number of aromatic amines is 2. The number of ether oxygens (including phenoxy) is 10. The summed E-state index contributed by atoms with van der Waals surface area (Å²) in [5.41, 5.74) is 9.72. The number of hydrogen-bond donors (Lipinski definition) is 4. The van der Waals surface area contributed by atoms with Crippen LogP contribution in [0.25, 0.3) is 78.5 Å². The van der Waals surface area contributed by atoms with Gasteiger partial charge < -0.3 is 58.2 Å². The Kier molecular flexibility index (Phi) is 29.8. The second-order valence-corrected chi connectivity index (χ2v) is 27.2. The van der Waals surface area contributed by atoms with E-state index in [-0.39, 0.29) is 31.3 Å². The van der Waals surface area contributed by atoms with Gasteiger partial charge in [0.15, 0.2) is 37.9 Å². The van der Waals surface area contributed by atoms with Gasteiger partial charge in [0.25, 0.3) is 10.9 Å². The van der Waals surface area contributed by atoms with E-state index in [2.05, 4.69) is 60.3 Å². The van der Waals surface area contributed by atoms with Crippen molar-refractivity contribution in [3.63, 3.8) is 0 Å². The second-order valence-electron chi connectivity index (χ2n) is 21.9. The normalized spacial score (nSPS) is 10.4. The van der Waals surface area contributed by atoms with Gasteiger partial charge in [0, 0.05) is 24.4 Å². The molecular formula is C73H66N10O18S5. The fourth-order valence-electron chi connectivity index (χ4n) is 8.66. The topological polar surface area (TPSA) is 371 Å². The quantitative estimate of drug-likeness (QED) is 0.0248. The molecular weight excluding hydrogens is 1470 g/mol. The number of carboxylic acids is 1. The van der Waals surface area contributed by atoms with Crippen LogP contribution in [0.2, 0.25) is 0 Å². The molecule has 0 atom stereocenters. The van der Waals surface area contributed by atoms with Crippen LogP contribution < -0.4 is 29.4 Å². The molecule has 0 spiro atoms. The number of H-pyrrole nitrogens is 2. The molecule has 33 heteroatoms. The Labute approximate surface area is 625 Å². The van der Waals surface area contributed by atoms with Crippen LogP contribution in [-0.4, -0.2) is 155 Å². The maximum atomic E-state index is 11.9. The molecule has 0 saturated heterocycles. The lowest BCUT2D eigenvalue weighted by molar-refractivity contribution is -0.157. The van der Waals surface area contributed by atoms with Crippen molar-refractivity contribution >= 4 is 103 Å². The maximum absolute atomic E-state index is 11.9. The molecule has 1 amide bonds. The van der Waals surface area contributed by atoms with E-state index in [9.17, 15) is 33.6 Å². The minimum atomic E-state index is -1.04. The van der Waals surface area contributed by atoms with Gasteiger partial charge >= 0.3 is 35.8 Å². The van der Waals surface area contributed by atoms with Crippen molar-refractivity contribution in [2.45, 2.75) is 26.4 Å². The Morgan fingerprint density at radius 2 is 0.755 bits per heavy atom. The average molecular weight is 1530 g/mol. The molecule has 28 nitrogen and oxygen atoms in total. The van der Waals surface area contributed by atoms with Gasteiger partial charge in [0.05, 0.1) is 35.0 Å². The highest BCUT2D eigenvalue weighted by Crippen LogP contribution is 2.45. The van der Waals surface area contributed by atoms with Crippen molar-refractivity contribution in [2.75, 3.05) is 61.5 Å². The summed E-state index contributed by atoms with van der Waals surface area (Å²) in [4.78, 5) is 89.2. The predicted octanol–water partition coefficient (Wildman–Crippen LogP) is 13.7. The van der Waals surface area contributed by atoms with Crippen molar-refractivity contribution in [3.05, 3.63) is 203 Å². The van der Waals surface area contributed by atoms with Crippen LogP contribution in [0.3, 0.4) is 0 Å². The molecule has 12 aromatic rings. The van der Waals surface area contributed by atoms with E-state index < -0.39 is 53.9 Å². The van der Waals surface area contributed by atoms with Crippen LogP contribution in [0.4, 0.5) is 5.00 Å². The van der Waals surface area contributed by atoms with Gasteiger partial charge in [0.2, 0.25) is 11.6 Å². The summed E-state index contributed by atoms with van der Waals surface area (Å²) in [6, 6.07) is 57.3. The average Bonchev–Trinajstić information content (AvgIpc) is 1.67. The van der Waals surface area contributed by atoms with Crippen LogP contribution in [0.15, 0.2) is 182 Å². The summed E-state index contributed by atoms with van der Waals surface area (Å²) in [5.74, 6) is -1.27. The first-order valence-corrected chi connectivity index (χ1v) is 35.2. The number of nitrogens with two attached hydrogens (primary N) is 1. The largest absolute Gasteiger partial charge is 0.492 e. The lowest BCUT2D eigenvalue weighted by Crippen LogP contribution is -2.27. The highest BCUT2D eigenvalue weighted by atomic mass is 32.1. The minimum absolute atomic E-state index is 0.174. The SMILES string of the molecule is COC(=O)COc1cc(-c2ccccc2)sc1-c1nn[nH]n1.COC(=O)COc1cc(-c2ccccc2)sc1C(N)=O.COC(=O)c1sc(-c2ccccc2)cc1OCC(=O)OC(C)(C)C.O=C(O)COc1cc(-c2ccccc2)sc1-c1nn[nH]n1.[C-]#[N+]c1sc(-c2ccccc2)cc1OCC(=O)OC. The minimum Gasteiger partial charge on any atom is -0.492 e. The standard InChI is InChI=1S/C18H20O5S.C14H12N4O3S.C14H13NO4S.C14H11NO3S.C13H10N4O3S/c1-18(2,3)23-15(19)11-22-13-10-14(12-8-6-5-7-9-12)24-16(13)17(20)21-4;1-20-12(19)8-21-10-7-11(9-5-3-2-4-6-9)22-13(10)14-15-17-18-16-14;1-18-12(16)8-19-10-7-11(20-13(10)14(15)17)9-5-3-2-4-6-9;1-15-14-11(18-9-13(16)17-2)8-12(19-14)10-6-4-3-5-7-10;18-11(19)7-20-9-6-10(8-4-2-1-3-5-8)21-12(9)13-14-16-17-15-13/h5-10H,11H2,1-4H3;2-7H,8H2,1H3,(H,15,16,17,18);2-7H,8H2,1H3,(H2,15,17);3-8H,9H2,2H3;1-6H,7H2,(H,18,19)(H,14,15,16,17). The molecule has 7 heterocycles. The van der Waals surface area contributed by atoms with Gasteiger partial charge in [-0.15, -0.1) is 77.1 Å². The lowest BCUT2D eigenvalue weighted by Gasteiger charge is -2.19. The molecule has 7 aromatic heterocycles. The molecule has 0 saturated carbocycles. The molecule has 0 aliphatic heterocycles. The van der Waals surface area contributed by atoms with Crippen LogP contribution in [0.5, 0.6) is 28.7 Å². The maximum Gasteiger partial charge on any atom is 0.351 e. The summed E-state index contributed by atoms with van der Waals surface area (Å²) in [5, 5.41) is 36.8. The molecule has 5 aromatic carbocycles. The monoisotopic (exact) mass is 1530 g/mol. The summed E-state index contributed by atoms with van der Waals surface area (Å²) in [6.07, 6.45) is 0. The van der Waals surface area contributed by atoms with Gasteiger partial charge in [0.1, 0.15) is 49.0 Å². The van der Waals surface area contributed by atoms with Crippen molar-refractivity contribution in [1.29, 1.82) is 0 Å². The number of carboxylic acid groups (broad SMARTS) is 1. The van der Waals surface area contributed by atoms with Crippen molar-refractivity contribution in [3.8, 4) is 102 Å². The number of esters is 5. The smallest absolute Gasteiger partial charge is 0.351 e. The van der Waals surface area contributed by atoms with Gasteiger partial charge in [-0.05, 0) is 89.3 Å². The Balaban J connectivity index is 0.000000168. The Morgan fingerprint density at radius 3 is 1.09 bits per heavy atom. The molecule has 546 valence electrons. The zero-order valence-electron chi connectivity index (χ0n) is 57.5. The van der Waals surface area contributed by atoms with Gasteiger partial charge in [-0.3, -0.25) is 4.79 Å². The first kappa shape index (κ1) is 79.2. The molecule has 5 N–H and O–H groups in total. The van der Waals surface area contributed by atoms with E-state index in [0.717, 1.165) is 52.2 Å². The number of aromatic nitrogens is 8. The van der Waals surface area contributed by atoms with E-state index in [1.165, 1.54) is 85.1 Å². The number of rotatable bonds is 24. The molecule has 0 aliphatic carbocycles. The third-order valence-electron chi connectivity index (χ3n) is 13.4. The molecule has 0 unspecified atom stereocenters. The van der Waals surface area contributed by atoms with E-state index in [4.69, 9.17) is 50.6 Å². The number of tetrazole rings is 2. The number of methoxy groups -OCH3 is 4. The summed E-state index contributed by atoms with van der Waals surface area (Å²) in [6.45, 7) is 11.2. The number of hydrogen-bond acceptors (Lipinski definition) is 28. The van der Waals surface area contributed by atoms with Gasteiger partial charge in [-0.25, -0.2) is 33.6 Å². The lowest BCUT2D eigenvalue weighted by atomic mass is 10.2. The van der Waals surface area contributed by atoms with Crippen LogP contribution in [0, 0.1) is 6.57 Å². The highest BCUT2D eigenvalue weighted by Gasteiger charge is 2.25. The zero-order valence-corrected chi connectivity index (χ0v) is 61.6. The molecule has 0 aliphatic rings. The third-order valence-corrected chi connectivity index (χ3v) is 19.1. The van der Waals surface area contributed by atoms with Crippen molar-refractivity contribution in [1.82, 2.24) is 41.2 Å². The number of amides is 1. The van der Waals surface area contributed by atoms with Crippen LogP contribution in [0.1, 0.15) is 40.1 Å². The summed E-state index contributed by atoms with van der Waals surface area (Å²) >= 11 is 6.71. The fraction of sp³-hybridized carbons (Fsp3) is 0.178. The first-order chi connectivity index (χ1) is 51.2. The number of carbonyl (C=O) groups excluding carboxylic acids is 6. The van der Waals surface area contributed by atoms with Gasteiger partial charge in [-0.2, -0.15) is 10.4 Å². The summed E-state index contributed by atoms with van der Waals surface area (Å²) in [7, 11) is 5.19. The van der Waals surface area contributed by atoms with Crippen LogP contribution >= 0.6 is 56.7 Å². The fourth-order valence-corrected chi connectivity index (χ4v) is 13.6. The van der Waals surface area contributed by atoms with E-state index in [1.54, 1.807) is 45.0 Å². The number of aliphatic carboxylic acids is 1. The summed E-state index contributed by atoms with van der Waals surface area (Å²) < 4.78 is 50.5. The Bertz CT molecular complexity index is 4870. The number of benzene rings is 5. The van der Waals surface area contributed by atoms with Crippen LogP contribution in [-0.2, 0) is 47.7 Å². The Morgan fingerprint density at radius 1 is 0.434 bits per heavy atom. The number of primary amides is 1. The van der Waals surface area contributed by atoms with Crippen molar-refractivity contribution < 1.29 is 86.0 Å². The zero-order chi connectivity index (χ0) is 76.0. The van der Waals surface area contributed by atoms with E-state index >= 15 is 0 Å². The first-order valence-electron chi connectivity index (χ1n) is 31.1. The van der Waals surface area contributed by atoms with Gasteiger partial charge in [-0.1, -0.05) is 152 Å². The predicted molar refractivity (Wildman–Crippen MR) is 398 cm³/mol.